The zero-order valence-electron chi connectivity index (χ0n) is 14.2. The Hall–Kier alpha value is -1.61. The Labute approximate surface area is 150 Å². The normalized spacial score (nSPS) is 20.5. The highest BCUT2D eigenvalue weighted by Crippen LogP contribution is 2.36. The highest BCUT2D eigenvalue weighted by atomic mass is 32.2. The van der Waals surface area contributed by atoms with Crippen LogP contribution in [-0.2, 0) is 21.0 Å². The minimum absolute atomic E-state index is 0.0373. The maximum atomic E-state index is 13.2. The number of hydrogen-bond acceptors (Lipinski definition) is 3. The fourth-order valence-corrected chi connectivity index (χ4v) is 5.29. The summed E-state index contributed by atoms with van der Waals surface area (Å²) in [6.45, 7) is 1.57. The summed E-state index contributed by atoms with van der Waals surface area (Å²) in [5.74, 6) is -0.215. The molecule has 144 valence electrons. The van der Waals surface area contributed by atoms with Crippen molar-refractivity contribution in [1.82, 2.24) is 9.21 Å². The van der Waals surface area contributed by atoms with E-state index < -0.39 is 26.7 Å². The number of nitrogens with zero attached hydrogens (tertiary/aromatic N) is 2. The predicted molar refractivity (Wildman–Crippen MR) is 88.7 cm³/mol. The first-order valence-electron chi connectivity index (χ1n) is 8.66. The van der Waals surface area contributed by atoms with Gasteiger partial charge < -0.3 is 4.90 Å². The summed E-state index contributed by atoms with van der Waals surface area (Å²) < 4.78 is 66.0. The second kappa shape index (κ2) is 7.19. The third-order valence-electron chi connectivity index (χ3n) is 5.03. The number of benzene rings is 1. The smallest absolute Gasteiger partial charge is 0.342 e. The molecule has 0 saturated carbocycles. The molecule has 0 N–H and O–H groups in total. The highest BCUT2D eigenvalue weighted by molar-refractivity contribution is 7.89. The Balaban J connectivity index is 1.74. The van der Waals surface area contributed by atoms with Gasteiger partial charge >= 0.3 is 6.18 Å². The van der Waals surface area contributed by atoms with Crippen LogP contribution in [0.4, 0.5) is 13.2 Å². The Bertz CT molecular complexity index is 766. The van der Waals surface area contributed by atoms with E-state index in [0.717, 1.165) is 42.4 Å². The van der Waals surface area contributed by atoms with Gasteiger partial charge in [0.15, 0.2) is 0 Å². The van der Waals surface area contributed by atoms with Crippen molar-refractivity contribution in [3.05, 3.63) is 29.8 Å². The van der Waals surface area contributed by atoms with Crippen LogP contribution in [0.25, 0.3) is 0 Å². The van der Waals surface area contributed by atoms with Gasteiger partial charge in [-0.15, -0.1) is 0 Å². The average Bonchev–Trinajstić information content (AvgIpc) is 3.15. The molecule has 2 aliphatic heterocycles. The summed E-state index contributed by atoms with van der Waals surface area (Å²) in [5, 5.41) is 0. The molecule has 0 radical (unpaired) electrons. The fraction of sp³-hybridized carbons (Fsp3) is 0.588. The first-order chi connectivity index (χ1) is 12.2. The lowest BCUT2D eigenvalue weighted by molar-refractivity contribution is -0.140. The number of halogens is 3. The molecule has 0 aliphatic carbocycles. The van der Waals surface area contributed by atoms with Crippen molar-refractivity contribution in [3.8, 4) is 0 Å². The minimum Gasteiger partial charge on any atom is -0.342 e. The van der Waals surface area contributed by atoms with Crippen LogP contribution in [0.1, 0.15) is 31.2 Å². The molecule has 2 saturated heterocycles. The van der Waals surface area contributed by atoms with Gasteiger partial charge in [-0.3, -0.25) is 4.79 Å². The van der Waals surface area contributed by atoms with Crippen molar-refractivity contribution in [2.75, 3.05) is 26.2 Å². The number of alkyl halides is 3. The average molecular weight is 390 g/mol. The van der Waals surface area contributed by atoms with Crippen molar-refractivity contribution in [2.24, 2.45) is 5.92 Å². The number of rotatable bonds is 3. The number of sulfonamides is 1. The van der Waals surface area contributed by atoms with Crippen LogP contribution in [0.3, 0.4) is 0 Å². The first-order valence-corrected chi connectivity index (χ1v) is 10.1. The molecular weight excluding hydrogens is 369 g/mol. The van der Waals surface area contributed by atoms with E-state index in [1.165, 1.54) is 12.1 Å². The van der Waals surface area contributed by atoms with Crippen LogP contribution in [0, 0.1) is 5.92 Å². The van der Waals surface area contributed by atoms with E-state index in [4.69, 9.17) is 0 Å². The molecule has 3 rings (SSSR count). The molecule has 0 spiro atoms. The van der Waals surface area contributed by atoms with E-state index >= 15 is 0 Å². The van der Waals surface area contributed by atoms with Gasteiger partial charge in [-0.1, -0.05) is 12.1 Å². The van der Waals surface area contributed by atoms with Gasteiger partial charge in [0.1, 0.15) is 0 Å². The zero-order chi connectivity index (χ0) is 18.9. The van der Waals surface area contributed by atoms with Crippen LogP contribution in [0.15, 0.2) is 29.2 Å². The summed E-state index contributed by atoms with van der Waals surface area (Å²) in [6.07, 6.45) is -2.11. The van der Waals surface area contributed by atoms with Gasteiger partial charge in [0.2, 0.25) is 15.9 Å². The highest BCUT2D eigenvalue weighted by Gasteiger charge is 2.40. The van der Waals surface area contributed by atoms with Crippen LogP contribution < -0.4 is 0 Å². The molecule has 2 heterocycles. The topological polar surface area (TPSA) is 57.7 Å². The molecule has 2 fully saturated rings. The molecule has 1 aromatic carbocycles. The lowest BCUT2D eigenvalue weighted by Crippen LogP contribution is -2.44. The SMILES string of the molecule is O=C(C1CCN(S(=O)(=O)c2ccccc2C(F)(F)F)CC1)N1CCCC1. The van der Waals surface area contributed by atoms with Gasteiger partial charge in [0, 0.05) is 32.1 Å². The van der Waals surface area contributed by atoms with E-state index in [1.807, 2.05) is 0 Å². The van der Waals surface area contributed by atoms with E-state index in [-0.39, 0.29) is 24.9 Å². The number of piperidine rings is 1. The van der Waals surface area contributed by atoms with Crippen LogP contribution in [0.2, 0.25) is 0 Å². The monoisotopic (exact) mass is 390 g/mol. The third kappa shape index (κ3) is 3.73. The van der Waals surface area contributed by atoms with Crippen molar-refractivity contribution >= 4 is 15.9 Å². The fourth-order valence-electron chi connectivity index (χ4n) is 3.60. The van der Waals surface area contributed by atoms with E-state index in [9.17, 15) is 26.4 Å². The Kier molecular flexibility index (Phi) is 5.30. The summed E-state index contributed by atoms with van der Waals surface area (Å²) in [5.41, 5.74) is -1.16. The van der Waals surface area contributed by atoms with Gasteiger partial charge in [0.05, 0.1) is 10.5 Å². The van der Waals surface area contributed by atoms with Crippen molar-refractivity contribution in [2.45, 2.75) is 36.8 Å². The maximum Gasteiger partial charge on any atom is 0.417 e. The van der Waals surface area contributed by atoms with E-state index in [2.05, 4.69) is 0 Å². The molecule has 1 amide bonds. The Morgan fingerprint density at radius 3 is 2.15 bits per heavy atom. The van der Waals surface area contributed by atoms with Gasteiger partial charge in [-0.25, -0.2) is 8.42 Å². The van der Waals surface area contributed by atoms with Crippen LogP contribution >= 0.6 is 0 Å². The molecular formula is C17H21F3N2O3S. The maximum absolute atomic E-state index is 13.2. The Morgan fingerprint density at radius 1 is 1.00 bits per heavy atom. The molecule has 0 bridgehead atoms. The lowest BCUT2D eigenvalue weighted by atomic mass is 9.97. The molecule has 26 heavy (non-hydrogen) atoms. The molecule has 1 aromatic rings. The minimum atomic E-state index is -4.74. The molecule has 9 heteroatoms. The number of carbonyl (C=O) groups excluding carboxylic acids is 1. The van der Waals surface area contributed by atoms with E-state index in [1.54, 1.807) is 4.90 Å². The predicted octanol–water partition coefficient (Wildman–Crippen LogP) is 2.73. The molecule has 0 unspecified atom stereocenters. The Morgan fingerprint density at radius 2 is 1.58 bits per heavy atom. The number of likely N-dealkylation sites (tertiary alicyclic amines) is 1. The summed E-state index contributed by atoms with van der Waals surface area (Å²) in [4.78, 5) is 13.5. The summed E-state index contributed by atoms with van der Waals surface area (Å²) in [7, 11) is -4.26. The molecule has 0 atom stereocenters. The second-order valence-electron chi connectivity index (χ2n) is 6.70. The van der Waals surface area contributed by atoms with Gasteiger partial charge in [-0.05, 0) is 37.8 Å². The van der Waals surface area contributed by atoms with E-state index in [0.29, 0.717) is 12.8 Å². The van der Waals surface area contributed by atoms with Crippen molar-refractivity contribution in [1.29, 1.82) is 0 Å². The first kappa shape index (κ1) is 19.2. The summed E-state index contributed by atoms with van der Waals surface area (Å²) >= 11 is 0. The largest absolute Gasteiger partial charge is 0.417 e. The standard InChI is InChI=1S/C17H21F3N2O3S/c18-17(19,20)14-5-1-2-6-15(14)26(24,25)22-11-7-13(8-12-22)16(23)21-9-3-4-10-21/h1-2,5-6,13H,3-4,7-12H2. The second-order valence-corrected chi connectivity index (χ2v) is 8.61. The van der Waals surface area contributed by atoms with Gasteiger partial charge in [-0.2, -0.15) is 17.5 Å². The summed E-state index contributed by atoms with van der Waals surface area (Å²) in [6, 6.07) is 4.21. The molecule has 0 aromatic heterocycles. The number of amides is 1. The van der Waals surface area contributed by atoms with Crippen molar-refractivity contribution in [3.63, 3.8) is 0 Å². The lowest BCUT2D eigenvalue weighted by Gasteiger charge is -2.32. The van der Waals surface area contributed by atoms with Crippen molar-refractivity contribution < 1.29 is 26.4 Å². The zero-order valence-corrected chi connectivity index (χ0v) is 15.0. The third-order valence-corrected chi connectivity index (χ3v) is 6.99. The quantitative estimate of drug-likeness (QED) is 0.798. The molecule has 5 nitrogen and oxygen atoms in total. The number of carbonyl (C=O) groups is 1. The number of hydrogen-bond donors (Lipinski definition) is 0. The van der Waals surface area contributed by atoms with Crippen LogP contribution in [-0.4, -0.2) is 49.7 Å². The van der Waals surface area contributed by atoms with Gasteiger partial charge in [0.25, 0.3) is 0 Å². The molecule has 2 aliphatic rings. The van der Waals surface area contributed by atoms with Crippen LogP contribution in [0.5, 0.6) is 0 Å².